The summed E-state index contributed by atoms with van der Waals surface area (Å²) in [5.41, 5.74) is 3.32. The van der Waals surface area contributed by atoms with Gasteiger partial charge in [0.1, 0.15) is 5.02 Å². The zero-order valence-electron chi connectivity index (χ0n) is 21.2. The largest absolute Gasteiger partial charge is 0.371 e. The Balaban J connectivity index is 1.10. The van der Waals surface area contributed by atoms with Crippen LogP contribution >= 0.6 is 34.5 Å². The van der Waals surface area contributed by atoms with E-state index in [2.05, 4.69) is 60.5 Å². The second-order valence-electron chi connectivity index (χ2n) is 10.3. The molecule has 3 aromatic rings. The first-order valence-electron chi connectivity index (χ1n) is 13.1. The smallest absolute Gasteiger partial charge is 0.229 e. The topological polar surface area (TPSA) is 50.8 Å². The molecule has 7 nitrogen and oxygen atoms in total. The Kier molecular flexibility index (Phi) is 7.45. The number of benzene rings is 1. The standard InChI is InChI=1S/C27H33Cl2N7S/c1-33-11-13-35(14-12-33)20-4-8-34(9-5-20)21-2-3-24(22(28)16-21)31-27-30-17-23(29)26(32-27)36-10-6-25-19(18-36)7-15-37-25/h2-3,7,15-17,20H,4-6,8-14,18H2,1H3,(H,30,31,32). The summed E-state index contributed by atoms with van der Waals surface area (Å²) in [6, 6.07) is 9.12. The minimum atomic E-state index is 0.498. The summed E-state index contributed by atoms with van der Waals surface area (Å²) < 4.78 is 0. The van der Waals surface area contributed by atoms with Gasteiger partial charge < -0.3 is 20.0 Å². The van der Waals surface area contributed by atoms with Gasteiger partial charge >= 0.3 is 0 Å². The highest BCUT2D eigenvalue weighted by atomic mass is 35.5. The molecule has 1 aromatic carbocycles. The van der Waals surface area contributed by atoms with E-state index in [0.717, 1.165) is 44.1 Å². The number of fused-ring (bicyclic) bond motifs is 1. The maximum Gasteiger partial charge on any atom is 0.229 e. The van der Waals surface area contributed by atoms with Gasteiger partial charge in [-0.15, -0.1) is 11.3 Å². The molecule has 0 unspecified atom stereocenters. The van der Waals surface area contributed by atoms with E-state index in [1.54, 1.807) is 6.20 Å². The van der Waals surface area contributed by atoms with Crippen LogP contribution in [0.2, 0.25) is 10.0 Å². The molecule has 196 valence electrons. The van der Waals surface area contributed by atoms with E-state index in [0.29, 0.717) is 22.0 Å². The van der Waals surface area contributed by atoms with Crippen LogP contribution in [0.3, 0.4) is 0 Å². The van der Waals surface area contributed by atoms with Crippen molar-refractivity contribution in [3.05, 3.63) is 56.3 Å². The van der Waals surface area contributed by atoms with Gasteiger partial charge in [-0.25, -0.2) is 4.98 Å². The monoisotopic (exact) mass is 557 g/mol. The van der Waals surface area contributed by atoms with Gasteiger partial charge in [-0.1, -0.05) is 23.2 Å². The maximum absolute atomic E-state index is 6.73. The molecule has 0 amide bonds. The van der Waals surface area contributed by atoms with Gasteiger partial charge in [-0.3, -0.25) is 4.90 Å². The van der Waals surface area contributed by atoms with Crippen molar-refractivity contribution in [3.8, 4) is 0 Å². The first-order chi connectivity index (χ1) is 18.0. The number of halogens is 2. The van der Waals surface area contributed by atoms with Gasteiger partial charge in [0, 0.05) is 69.0 Å². The molecule has 2 saturated heterocycles. The fourth-order valence-corrected chi connectivity index (χ4v) is 6.99. The van der Waals surface area contributed by atoms with Gasteiger partial charge in [0.25, 0.3) is 0 Å². The summed E-state index contributed by atoms with van der Waals surface area (Å²) in [7, 11) is 2.22. The van der Waals surface area contributed by atoms with Crippen molar-refractivity contribution >= 4 is 57.7 Å². The van der Waals surface area contributed by atoms with Crippen LogP contribution in [-0.2, 0) is 13.0 Å². The highest BCUT2D eigenvalue weighted by Gasteiger charge is 2.27. The van der Waals surface area contributed by atoms with Crippen molar-refractivity contribution in [3.63, 3.8) is 0 Å². The third-order valence-corrected chi connectivity index (χ3v) is 9.52. The Labute approximate surface area is 233 Å². The average Bonchev–Trinajstić information content (AvgIpc) is 3.39. The van der Waals surface area contributed by atoms with Crippen molar-refractivity contribution in [2.75, 3.05) is 68.0 Å². The molecule has 37 heavy (non-hydrogen) atoms. The second-order valence-corrected chi connectivity index (χ2v) is 12.1. The highest BCUT2D eigenvalue weighted by molar-refractivity contribution is 7.10. The van der Waals surface area contributed by atoms with Gasteiger partial charge in [0.2, 0.25) is 5.95 Å². The van der Waals surface area contributed by atoms with E-state index >= 15 is 0 Å². The van der Waals surface area contributed by atoms with Crippen LogP contribution < -0.4 is 15.1 Å². The molecule has 3 aliphatic rings. The number of piperidine rings is 1. The van der Waals surface area contributed by atoms with E-state index in [9.17, 15) is 0 Å². The number of nitrogens with zero attached hydrogens (tertiary/aromatic N) is 6. The normalized spacial score (nSPS) is 19.8. The minimum absolute atomic E-state index is 0.498. The summed E-state index contributed by atoms with van der Waals surface area (Å²) in [5.74, 6) is 1.25. The lowest BCUT2D eigenvalue weighted by Crippen LogP contribution is -2.52. The molecular weight excluding hydrogens is 525 g/mol. The van der Waals surface area contributed by atoms with E-state index in [1.165, 1.54) is 55.1 Å². The molecule has 0 aliphatic carbocycles. The Bertz CT molecular complexity index is 1240. The summed E-state index contributed by atoms with van der Waals surface area (Å²) >= 11 is 15.1. The van der Waals surface area contributed by atoms with Crippen molar-refractivity contribution in [1.29, 1.82) is 0 Å². The number of rotatable bonds is 5. The van der Waals surface area contributed by atoms with E-state index in [1.807, 2.05) is 17.4 Å². The van der Waals surface area contributed by atoms with Crippen molar-refractivity contribution < 1.29 is 0 Å². The molecule has 1 N–H and O–H groups in total. The Hall–Kier alpha value is -2.10. The van der Waals surface area contributed by atoms with Crippen LogP contribution in [0.5, 0.6) is 0 Å². The summed E-state index contributed by atoms with van der Waals surface area (Å²) in [5, 5.41) is 6.69. The number of piperazine rings is 1. The van der Waals surface area contributed by atoms with Gasteiger partial charge in [0.15, 0.2) is 5.82 Å². The lowest BCUT2D eigenvalue weighted by molar-refractivity contribution is 0.0982. The van der Waals surface area contributed by atoms with Crippen LogP contribution in [0.4, 0.5) is 23.1 Å². The molecule has 6 rings (SSSR count). The molecule has 0 bridgehead atoms. The average molecular weight is 559 g/mol. The Morgan fingerprint density at radius 3 is 2.54 bits per heavy atom. The minimum Gasteiger partial charge on any atom is -0.371 e. The van der Waals surface area contributed by atoms with Crippen molar-refractivity contribution in [1.82, 2.24) is 19.8 Å². The first kappa shape index (κ1) is 25.2. The van der Waals surface area contributed by atoms with Crippen LogP contribution in [0.1, 0.15) is 23.3 Å². The molecule has 2 fully saturated rings. The second kappa shape index (κ2) is 10.9. The molecular formula is C27H33Cl2N7S. The Morgan fingerprint density at radius 2 is 1.76 bits per heavy atom. The summed E-state index contributed by atoms with van der Waals surface area (Å²) in [6.45, 7) is 8.56. The molecule has 3 aliphatic heterocycles. The van der Waals surface area contributed by atoms with Gasteiger partial charge in [-0.05, 0) is 61.5 Å². The molecule has 0 atom stereocenters. The molecule has 2 aromatic heterocycles. The van der Waals surface area contributed by atoms with E-state index in [-0.39, 0.29) is 0 Å². The number of likely N-dealkylation sites (N-methyl/N-ethyl adjacent to an activating group) is 1. The van der Waals surface area contributed by atoms with Crippen LogP contribution in [0, 0.1) is 0 Å². The SMILES string of the molecule is CN1CCN(C2CCN(c3ccc(Nc4ncc(Cl)c(N5CCc6sccc6C5)n4)c(Cl)c3)CC2)CC1. The Morgan fingerprint density at radius 1 is 0.946 bits per heavy atom. The predicted molar refractivity (Wildman–Crippen MR) is 155 cm³/mol. The number of hydrogen-bond acceptors (Lipinski definition) is 8. The number of anilines is 4. The number of aromatic nitrogens is 2. The van der Waals surface area contributed by atoms with E-state index in [4.69, 9.17) is 28.2 Å². The zero-order valence-corrected chi connectivity index (χ0v) is 23.5. The van der Waals surface area contributed by atoms with Crippen LogP contribution in [0.15, 0.2) is 35.8 Å². The van der Waals surface area contributed by atoms with Gasteiger partial charge in [-0.2, -0.15) is 4.98 Å². The van der Waals surface area contributed by atoms with Gasteiger partial charge in [0.05, 0.1) is 16.9 Å². The molecule has 10 heteroatoms. The number of nitrogens with one attached hydrogen (secondary N) is 1. The summed E-state index contributed by atoms with van der Waals surface area (Å²) in [6.07, 6.45) is 5.08. The quantitative estimate of drug-likeness (QED) is 0.452. The fourth-order valence-electron chi connectivity index (χ4n) is 5.67. The molecule has 5 heterocycles. The van der Waals surface area contributed by atoms with Crippen molar-refractivity contribution in [2.45, 2.75) is 31.8 Å². The third kappa shape index (κ3) is 5.54. The molecule has 0 spiro atoms. The lowest BCUT2D eigenvalue weighted by atomic mass is 10.0. The zero-order chi connectivity index (χ0) is 25.4. The van der Waals surface area contributed by atoms with Crippen molar-refractivity contribution in [2.24, 2.45) is 0 Å². The number of hydrogen-bond donors (Lipinski definition) is 1. The fraction of sp³-hybridized carbons (Fsp3) is 0.481. The van der Waals surface area contributed by atoms with E-state index < -0.39 is 0 Å². The first-order valence-corrected chi connectivity index (χ1v) is 14.7. The molecule has 0 radical (unpaired) electrons. The van der Waals surface area contributed by atoms with Crippen LogP contribution in [0.25, 0.3) is 0 Å². The van der Waals surface area contributed by atoms with Crippen LogP contribution in [-0.4, -0.2) is 78.7 Å². The highest BCUT2D eigenvalue weighted by Crippen LogP contribution is 2.34. The number of thiophene rings is 1. The summed E-state index contributed by atoms with van der Waals surface area (Å²) in [4.78, 5) is 20.4. The molecule has 0 saturated carbocycles. The maximum atomic E-state index is 6.73. The predicted octanol–water partition coefficient (Wildman–Crippen LogP) is 5.37. The third-order valence-electron chi connectivity index (χ3n) is 7.92. The lowest BCUT2D eigenvalue weighted by Gasteiger charge is -2.42.